The summed E-state index contributed by atoms with van der Waals surface area (Å²) in [5.41, 5.74) is 5.06. The van der Waals surface area contributed by atoms with Crippen molar-refractivity contribution in [3.05, 3.63) is 72.3 Å². The van der Waals surface area contributed by atoms with Gasteiger partial charge in [0.05, 0.1) is 6.42 Å². The highest BCUT2D eigenvalue weighted by atomic mass is 16.6. The Bertz CT molecular complexity index is 1440. The van der Waals surface area contributed by atoms with Gasteiger partial charge in [-0.15, -0.1) is 0 Å². The molecule has 0 fully saturated rings. The number of phenols is 1. The zero-order valence-electron chi connectivity index (χ0n) is 21.8. The summed E-state index contributed by atoms with van der Waals surface area (Å²) in [4.78, 5) is 52.2. The minimum Gasteiger partial charge on any atom is -0.508 e. The third-order valence-corrected chi connectivity index (χ3v) is 5.48. The molecule has 4 amide bonds. The largest absolute Gasteiger partial charge is 0.508 e. The van der Waals surface area contributed by atoms with Gasteiger partial charge in [0.25, 0.3) is 11.8 Å². The molecule has 0 saturated heterocycles. The van der Waals surface area contributed by atoms with Crippen molar-refractivity contribution in [2.75, 3.05) is 5.32 Å². The fourth-order valence-electron chi connectivity index (χ4n) is 3.87. The van der Waals surface area contributed by atoms with Gasteiger partial charge in [0.2, 0.25) is 5.91 Å². The van der Waals surface area contributed by atoms with Crippen molar-refractivity contribution in [1.82, 2.24) is 10.2 Å². The Morgan fingerprint density at radius 2 is 1.72 bits per heavy atom. The van der Waals surface area contributed by atoms with Crippen LogP contribution in [-0.4, -0.2) is 45.5 Å². The number of alkyl carbamates (subject to hydrolysis) is 1. The van der Waals surface area contributed by atoms with Crippen molar-refractivity contribution in [2.45, 2.75) is 44.9 Å². The number of benzene rings is 3. The van der Waals surface area contributed by atoms with Crippen molar-refractivity contribution in [3.8, 4) is 18.2 Å². The molecular formula is C29H30N4O6. The SMILES string of the molecule is C#CN(C(=O)C(CC(N)=O)NC(=O)OC(C)(C)C)C(C(=O)Nc1ccc2ccccc2c1)c1cccc(O)c1. The molecule has 0 saturated carbocycles. The first-order valence-electron chi connectivity index (χ1n) is 12.0. The average molecular weight is 531 g/mol. The van der Waals surface area contributed by atoms with Crippen LogP contribution in [0, 0.1) is 12.5 Å². The number of aromatic hydroxyl groups is 1. The summed E-state index contributed by atoms with van der Waals surface area (Å²) in [5, 5.41) is 17.0. The van der Waals surface area contributed by atoms with Gasteiger partial charge >= 0.3 is 6.09 Å². The number of primary amides is 1. The van der Waals surface area contributed by atoms with Crippen molar-refractivity contribution in [3.63, 3.8) is 0 Å². The van der Waals surface area contributed by atoms with Crippen LogP contribution in [0.2, 0.25) is 0 Å². The third-order valence-electron chi connectivity index (χ3n) is 5.48. The Kier molecular flexibility index (Phi) is 8.78. The molecule has 3 aromatic rings. The smallest absolute Gasteiger partial charge is 0.408 e. The number of nitrogens with one attached hydrogen (secondary N) is 2. The maximum atomic E-state index is 13.6. The molecular weight excluding hydrogens is 500 g/mol. The third kappa shape index (κ3) is 7.72. The molecule has 5 N–H and O–H groups in total. The molecule has 0 radical (unpaired) electrons. The van der Waals surface area contributed by atoms with Gasteiger partial charge in [-0.2, -0.15) is 0 Å². The van der Waals surface area contributed by atoms with Gasteiger partial charge < -0.3 is 26.2 Å². The molecule has 10 heteroatoms. The van der Waals surface area contributed by atoms with Crippen molar-refractivity contribution < 1.29 is 29.0 Å². The van der Waals surface area contributed by atoms with Crippen LogP contribution in [0.3, 0.4) is 0 Å². The van der Waals surface area contributed by atoms with E-state index < -0.39 is 47.9 Å². The number of amides is 4. The second kappa shape index (κ2) is 12.0. The topological polar surface area (TPSA) is 151 Å². The predicted octanol–water partition coefficient (Wildman–Crippen LogP) is 3.41. The van der Waals surface area contributed by atoms with Crippen LogP contribution in [0.1, 0.15) is 38.8 Å². The molecule has 39 heavy (non-hydrogen) atoms. The van der Waals surface area contributed by atoms with Gasteiger partial charge in [0.1, 0.15) is 23.4 Å². The van der Waals surface area contributed by atoms with Gasteiger partial charge in [-0.05, 0) is 61.4 Å². The molecule has 0 bridgehead atoms. The van der Waals surface area contributed by atoms with Crippen LogP contribution >= 0.6 is 0 Å². The monoisotopic (exact) mass is 530 g/mol. The normalized spacial score (nSPS) is 12.5. The van der Waals surface area contributed by atoms with Crippen LogP contribution < -0.4 is 16.4 Å². The lowest BCUT2D eigenvalue weighted by molar-refractivity contribution is -0.138. The molecule has 0 spiro atoms. The molecule has 2 unspecified atom stereocenters. The highest BCUT2D eigenvalue weighted by Crippen LogP contribution is 2.27. The minimum absolute atomic E-state index is 0.166. The van der Waals surface area contributed by atoms with Crippen LogP contribution in [-0.2, 0) is 19.1 Å². The molecule has 10 nitrogen and oxygen atoms in total. The standard InChI is InChI=1S/C29H30N4O6/c1-5-33(27(37)23(17-24(30)35)32-28(38)39-29(2,3)4)25(20-11-8-12-22(34)16-20)26(36)31-21-14-13-18-9-6-7-10-19(18)15-21/h1,6-16,23,25,34H,17H2,2-4H3,(H2,30,35)(H,31,36)(H,32,38). The van der Waals surface area contributed by atoms with Gasteiger partial charge in [0, 0.05) is 11.7 Å². The van der Waals surface area contributed by atoms with Crippen LogP contribution in [0.5, 0.6) is 5.75 Å². The molecule has 3 aromatic carbocycles. The average Bonchev–Trinajstić information content (AvgIpc) is 2.84. The number of phenolic OH excluding ortho intramolecular Hbond substituents is 1. The minimum atomic E-state index is -1.53. The Morgan fingerprint density at radius 1 is 1.03 bits per heavy atom. The van der Waals surface area contributed by atoms with E-state index in [-0.39, 0.29) is 11.3 Å². The number of fused-ring (bicyclic) bond motifs is 1. The van der Waals surface area contributed by atoms with Crippen LogP contribution in [0.15, 0.2) is 66.7 Å². The molecule has 2 atom stereocenters. The van der Waals surface area contributed by atoms with Crippen LogP contribution in [0.4, 0.5) is 10.5 Å². The number of anilines is 1. The summed E-state index contributed by atoms with van der Waals surface area (Å²) in [6, 6.07) is 17.7. The van der Waals surface area contributed by atoms with E-state index in [4.69, 9.17) is 16.9 Å². The lowest BCUT2D eigenvalue weighted by atomic mass is 10.0. The molecule has 202 valence electrons. The molecule has 0 heterocycles. The summed E-state index contributed by atoms with van der Waals surface area (Å²) in [7, 11) is 0. The summed E-state index contributed by atoms with van der Waals surface area (Å²) in [5.74, 6) is -2.71. The van der Waals surface area contributed by atoms with Crippen molar-refractivity contribution >= 4 is 40.3 Å². The number of nitrogens with zero attached hydrogens (tertiary/aromatic N) is 1. The zero-order valence-corrected chi connectivity index (χ0v) is 21.8. The number of carbonyl (C=O) groups excluding carboxylic acids is 4. The van der Waals surface area contributed by atoms with Gasteiger partial charge in [-0.1, -0.05) is 48.9 Å². The lowest BCUT2D eigenvalue weighted by Gasteiger charge is -2.30. The Labute approximate surface area is 226 Å². The van der Waals surface area contributed by atoms with E-state index >= 15 is 0 Å². The first-order chi connectivity index (χ1) is 18.4. The molecule has 0 aliphatic heterocycles. The lowest BCUT2D eigenvalue weighted by Crippen LogP contribution is -2.52. The van der Waals surface area contributed by atoms with E-state index in [2.05, 4.69) is 16.7 Å². The first-order valence-corrected chi connectivity index (χ1v) is 12.0. The zero-order chi connectivity index (χ0) is 28.7. The second-order valence-electron chi connectivity index (χ2n) is 9.76. The fourth-order valence-corrected chi connectivity index (χ4v) is 3.87. The fraction of sp³-hybridized carbons (Fsp3) is 0.241. The maximum absolute atomic E-state index is 13.6. The Balaban J connectivity index is 1.98. The number of terminal acetylenes is 1. The number of ether oxygens (including phenoxy) is 1. The summed E-state index contributed by atoms with van der Waals surface area (Å²) in [6.45, 7) is 4.88. The van der Waals surface area contributed by atoms with Crippen molar-refractivity contribution in [1.29, 1.82) is 0 Å². The Morgan fingerprint density at radius 3 is 2.33 bits per heavy atom. The number of hydrogen-bond donors (Lipinski definition) is 4. The molecule has 0 aliphatic rings. The highest BCUT2D eigenvalue weighted by Gasteiger charge is 2.37. The van der Waals surface area contributed by atoms with Gasteiger partial charge in [-0.3, -0.25) is 19.3 Å². The molecule has 3 rings (SSSR count). The highest BCUT2D eigenvalue weighted by molar-refractivity contribution is 6.01. The summed E-state index contributed by atoms with van der Waals surface area (Å²) >= 11 is 0. The number of nitrogens with two attached hydrogens (primary N) is 1. The molecule has 0 aromatic heterocycles. The first kappa shape index (κ1) is 28.5. The van der Waals surface area contributed by atoms with Crippen molar-refractivity contribution in [2.24, 2.45) is 5.73 Å². The number of hydrogen-bond acceptors (Lipinski definition) is 6. The van der Waals surface area contributed by atoms with Gasteiger partial charge in [-0.25, -0.2) is 4.79 Å². The van der Waals surface area contributed by atoms with Crippen LogP contribution in [0.25, 0.3) is 10.8 Å². The maximum Gasteiger partial charge on any atom is 0.408 e. The number of rotatable bonds is 8. The van der Waals surface area contributed by atoms with E-state index in [1.54, 1.807) is 32.9 Å². The molecule has 0 aliphatic carbocycles. The van der Waals surface area contributed by atoms with Gasteiger partial charge in [0.15, 0.2) is 0 Å². The quantitative estimate of drug-likeness (QED) is 0.259. The van der Waals surface area contributed by atoms with E-state index in [0.717, 1.165) is 15.7 Å². The Hall–Kier alpha value is -5.04. The summed E-state index contributed by atoms with van der Waals surface area (Å²) < 4.78 is 5.20. The predicted molar refractivity (Wildman–Crippen MR) is 146 cm³/mol. The van der Waals surface area contributed by atoms with E-state index in [0.29, 0.717) is 5.69 Å². The number of carbonyl (C=O) groups is 4. The van der Waals surface area contributed by atoms with E-state index in [1.807, 2.05) is 30.3 Å². The second-order valence-corrected chi connectivity index (χ2v) is 9.76. The summed E-state index contributed by atoms with van der Waals surface area (Å²) in [6.07, 6.45) is 4.13. The van der Waals surface area contributed by atoms with E-state index in [1.165, 1.54) is 24.3 Å². The van der Waals surface area contributed by atoms with E-state index in [9.17, 15) is 24.3 Å².